The van der Waals surface area contributed by atoms with Crippen molar-refractivity contribution in [1.82, 2.24) is 15.5 Å². The number of amides is 1. The molecule has 0 saturated carbocycles. The van der Waals surface area contributed by atoms with Crippen molar-refractivity contribution < 1.29 is 4.79 Å². The van der Waals surface area contributed by atoms with Crippen LogP contribution in [0.1, 0.15) is 37.7 Å². The summed E-state index contributed by atoms with van der Waals surface area (Å²) in [4.78, 5) is 15.0. The number of hydrogen-bond acceptors (Lipinski definition) is 3. The second-order valence-corrected chi connectivity index (χ2v) is 8.01. The highest BCUT2D eigenvalue weighted by molar-refractivity contribution is 6.30. The first kappa shape index (κ1) is 16.4. The number of carbonyl (C=O) groups is 1. The van der Waals surface area contributed by atoms with Gasteiger partial charge >= 0.3 is 0 Å². The molecule has 0 aromatic heterocycles. The second kappa shape index (κ2) is 7.03. The van der Waals surface area contributed by atoms with Gasteiger partial charge in [-0.3, -0.25) is 9.69 Å². The predicted octanol–water partition coefficient (Wildman–Crippen LogP) is 2.56. The lowest BCUT2D eigenvalue weighted by molar-refractivity contribution is -0.126. The van der Waals surface area contributed by atoms with Crippen LogP contribution in [0.4, 0.5) is 0 Å². The molecule has 0 aliphatic carbocycles. The van der Waals surface area contributed by atoms with Crippen LogP contribution in [0.15, 0.2) is 24.3 Å². The molecular formula is C19H26ClN3O. The molecule has 0 radical (unpaired) electrons. The van der Waals surface area contributed by atoms with E-state index in [1.807, 2.05) is 12.1 Å². The molecule has 3 fully saturated rings. The summed E-state index contributed by atoms with van der Waals surface area (Å²) in [6, 6.07) is 9.46. The summed E-state index contributed by atoms with van der Waals surface area (Å²) < 4.78 is 0. The maximum Gasteiger partial charge on any atom is 0.224 e. The Labute approximate surface area is 148 Å². The molecule has 2 N–H and O–H groups in total. The van der Waals surface area contributed by atoms with Gasteiger partial charge in [-0.1, -0.05) is 23.7 Å². The molecular weight excluding hydrogens is 322 g/mol. The molecule has 3 atom stereocenters. The van der Waals surface area contributed by atoms with E-state index >= 15 is 0 Å². The zero-order valence-corrected chi connectivity index (χ0v) is 14.8. The summed E-state index contributed by atoms with van der Waals surface area (Å²) >= 11 is 5.94. The van der Waals surface area contributed by atoms with E-state index in [1.165, 1.54) is 18.4 Å². The number of rotatable bonds is 4. The average Bonchev–Trinajstić information content (AvgIpc) is 3.22. The van der Waals surface area contributed by atoms with Crippen molar-refractivity contribution >= 4 is 17.5 Å². The number of fused-ring (bicyclic) bond motifs is 2. The lowest BCUT2D eigenvalue weighted by atomic mass is 9.88. The van der Waals surface area contributed by atoms with E-state index in [-0.39, 0.29) is 11.8 Å². The topological polar surface area (TPSA) is 44.4 Å². The Hall–Kier alpha value is -1.10. The zero-order chi connectivity index (χ0) is 16.5. The van der Waals surface area contributed by atoms with Crippen LogP contribution >= 0.6 is 11.6 Å². The van der Waals surface area contributed by atoms with Crippen molar-refractivity contribution in [3.63, 3.8) is 0 Å². The molecule has 130 valence electrons. The van der Waals surface area contributed by atoms with Crippen LogP contribution in [-0.2, 0) is 11.3 Å². The van der Waals surface area contributed by atoms with Crippen molar-refractivity contribution in [2.24, 2.45) is 5.92 Å². The minimum absolute atomic E-state index is 0.204. The fourth-order valence-corrected chi connectivity index (χ4v) is 4.63. The van der Waals surface area contributed by atoms with Crippen LogP contribution < -0.4 is 10.6 Å². The Kier molecular flexibility index (Phi) is 4.79. The first-order valence-electron chi connectivity index (χ1n) is 9.20. The van der Waals surface area contributed by atoms with Gasteiger partial charge < -0.3 is 10.6 Å². The molecule has 4 nitrogen and oxygen atoms in total. The van der Waals surface area contributed by atoms with Gasteiger partial charge in [0, 0.05) is 42.8 Å². The van der Waals surface area contributed by atoms with Crippen LogP contribution in [0.25, 0.3) is 0 Å². The number of halogens is 1. The van der Waals surface area contributed by atoms with Gasteiger partial charge in [0.1, 0.15) is 0 Å². The fourth-order valence-electron chi connectivity index (χ4n) is 4.51. The Morgan fingerprint density at radius 3 is 2.54 bits per heavy atom. The third-order valence-electron chi connectivity index (χ3n) is 5.89. The summed E-state index contributed by atoms with van der Waals surface area (Å²) in [5.74, 6) is 0.488. The molecule has 0 unspecified atom stereocenters. The first-order valence-corrected chi connectivity index (χ1v) is 9.58. The Balaban J connectivity index is 1.23. The van der Waals surface area contributed by atoms with Gasteiger partial charge in [-0.25, -0.2) is 0 Å². The predicted molar refractivity (Wildman–Crippen MR) is 95.9 cm³/mol. The van der Waals surface area contributed by atoms with E-state index < -0.39 is 0 Å². The van der Waals surface area contributed by atoms with E-state index in [0.29, 0.717) is 18.1 Å². The number of nitrogens with zero attached hydrogens (tertiary/aromatic N) is 1. The molecule has 4 rings (SSSR count). The molecule has 24 heavy (non-hydrogen) atoms. The van der Waals surface area contributed by atoms with Crippen LogP contribution in [0.3, 0.4) is 0 Å². The standard InChI is InChI=1S/C19H26ClN3O/c20-14-3-1-13(2-4-14)12-23-9-7-15(8-10-23)22-19(24)17-11-16-5-6-18(17)21-16/h1-4,15-18,21H,5-12H2,(H,22,24)/t16-,17+,18+/m0/s1. The summed E-state index contributed by atoms with van der Waals surface area (Å²) in [6.45, 7) is 3.05. The smallest absolute Gasteiger partial charge is 0.224 e. The van der Waals surface area contributed by atoms with Gasteiger partial charge in [0.2, 0.25) is 5.91 Å². The Morgan fingerprint density at radius 2 is 1.92 bits per heavy atom. The summed E-state index contributed by atoms with van der Waals surface area (Å²) in [5, 5.41) is 7.66. The quantitative estimate of drug-likeness (QED) is 0.879. The van der Waals surface area contributed by atoms with Crippen molar-refractivity contribution in [2.45, 2.75) is 56.8 Å². The number of likely N-dealkylation sites (tertiary alicyclic amines) is 1. The lowest BCUT2D eigenvalue weighted by Crippen LogP contribution is -2.47. The molecule has 0 spiro atoms. The van der Waals surface area contributed by atoms with Gasteiger partial charge in [0.25, 0.3) is 0 Å². The number of carbonyl (C=O) groups excluding carboxylic acids is 1. The summed E-state index contributed by atoms with van der Waals surface area (Å²) in [5.41, 5.74) is 1.30. The minimum Gasteiger partial charge on any atom is -0.353 e. The Morgan fingerprint density at radius 1 is 1.17 bits per heavy atom. The molecule has 3 heterocycles. The zero-order valence-electron chi connectivity index (χ0n) is 14.0. The van der Waals surface area contributed by atoms with Gasteiger partial charge in [0.05, 0.1) is 5.92 Å². The number of hydrogen-bond donors (Lipinski definition) is 2. The minimum atomic E-state index is 0.204. The number of nitrogens with one attached hydrogen (secondary N) is 2. The maximum atomic E-state index is 12.5. The molecule has 1 aromatic carbocycles. The maximum absolute atomic E-state index is 12.5. The van der Waals surface area contributed by atoms with E-state index in [4.69, 9.17) is 11.6 Å². The second-order valence-electron chi connectivity index (χ2n) is 7.58. The molecule has 3 saturated heterocycles. The van der Waals surface area contributed by atoms with E-state index in [2.05, 4.69) is 27.7 Å². The van der Waals surface area contributed by atoms with Crippen LogP contribution in [0, 0.1) is 5.92 Å². The molecule has 1 amide bonds. The Bertz CT molecular complexity index is 583. The summed E-state index contributed by atoms with van der Waals surface area (Å²) in [7, 11) is 0. The number of benzene rings is 1. The van der Waals surface area contributed by atoms with Crippen molar-refractivity contribution in [3.05, 3.63) is 34.9 Å². The van der Waals surface area contributed by atoms with Gasteiger partial charge in [0.15, 0.2) is 0 Å². The molecule has 3 aliphatic heterocycles. The van der Waals surface area contributed by atoms with Crippen LogP contribution in [-0.4, -0.2) is 42.0 Å². The highest BCUT2D eigenvalue weighted by Crippen LogP contribution is 2.33. The summed E-state index contributed by atoms with van der Waals surface area (Å²) in [6.07, 6.45) is 5.55. The SMILES string of the molecule is O=C(NC1CCN(Cc2ccc(Cl)cc2)CC1)[C@@H]1C[C@@H]2CC[C@H]1N2. The fraction of sp³-hybridized carbons (Fsp3) is 0.632. The van der Waals surface area contributed by atoms with Gasteiger partial charge in [-0.2, -0.15) is 0 Å². The van der Waals surface area contributed by atoms with Crippen molar-refractivity contribution in [3.8, 4) is 0 Å². The van der Waals surface area contributed by atoms with Crippen LogP contribution in [0.5, 0.6) is 0 Å². The molecule has 5 heteroatoms. The van der Waals surface area contributed by atoms with Crippen molar-refractivity contribution in [1.29, 1.82) is 0 Å². The van der Waals surface area contributed by atoms with Crippen molar-refractivity contribution in [2.75, 3.05) is 13.1 Å². The molecule has 1 aromatic rings. The van der Waals surface area contributed by atoms with E-state index in [0.717, 1.165) is 43.9 Å². The normalized spacial score (nSPS) is 30.6. The highest BCUT2D eigenvalue weighted by atomic mass is 35.5. The molecule has 2 bridgehead atoms. The monoisotopic (exact) mass is 347 g/mol. The largest absolute Gasteiger partial charge is 0.353 e. The van der Waals surface area contributed by atoms with Crippen LogP contribution in [0.2, 0.25) is 5.02 Å². The van der Waals surface area contributed by atoms with Gasteiger partial charge in [-0.15, -0.1) is 0 Å². The lowest BCUT2D eigenvalue weighted by Gasteiger charge is -2.33. The van der Waals surface area contributed by atoms with E-state index in [9.17, 15) is 4.79 Å². The first-order chi connectivity index (χ1) is 11.7. The average molecular weight is 348 g/mol. The number of piperidine rings is 1. The highest BCUT2D eigenvalue weighted by Gasteiger charge is 2.43. The third kappa shape index (κ3) is 3.61. The van der Waals surface area contributed by atoms with Gasteiger partial charge in [-0.05, 0) is 49.8 Å². The third-order valence-corrected chi connectivity index (χ3v) is 6.14. The molecule has 3 aliphatic rings. The van der Waals surface area contributed by atoms with E-state index in [1.54, 1.807) is 0 Å².